The Morgan fingerprint density at radius 2 is 1.68 bits per heavy atom. The number of aliphatic hydroxyl groups excluding tert-OH is 1. The van der Waals surface area contributed by atoms with Gasteiger partial charge < -0.3 is 15.2 Å². The molecule has 116 valence electrons. The van der Waals surface area contributed by atoms with Crippen molar-refractivity contribution in [3.63, 3.8) is 0 Å². The first kappa shape index (κ1) is 18.9. The Kier molecular flexibility index (Phi) is 11.6. The van der Waals surface area contributed by atoms with E-state index in [9.17, 15) is 5.11 Å². The summed E-state index contributed by atoms with van der Waals surface area (Å²) in [7, 11) is 0. The molecule has 0 bridgehead atoms. The molecule has 0 aromatic rings. The molecule has 0 aliphatic carbocycles. The molecule has 0 spiro atoms. The van der Waals surface area contributed by atoms with Crippen molar-refractivity contribution in [2.24, 2.45) is 0 Å². The van der Waals surface area contributed by atoms with E-state index in [0.29, 0.717) is 6.61 Å². The number of unbranched alkanes of at least 4 members (excludes halogenated alkanes) is 5. The molecular formula is C16H35NO2. The van der Waals surface area contributed by atoms with E-state index in [1.165, 1.54) is 32.1 Å². The van der Waals surface area contributed by atoms with Crippen LogP contribution < -0.4 is 5.32 Å². The topological polar surface area (TPSA) is 41.5 Å². The summed E-state index contributed by atoms with van der Waals surface area (Å²) in [6.45, 7) is 10.5. The molecule has 0 aromatic heterocycles. The summed E-state index contributed by atoms with van der Waals surface area (Å²) in [6.07, 6.45) is 8.37. The van der Waals surface area contributed by atoms with Crippen molar-refractivity contribution < 1.29 is 9.84 Å². The first-order valence-electron chi connectivity index (χ1n) is 8.00. The van der Waals surface area contributed by atoms with Crippen molar-refractivity contribution in [2.75, 3.05) is 13.2 Å². The molecular weight excluding hydrogens is 238 g/mol. The predicted octanol–water partition coefficient (Wildman–Crippen LogP) is 3.85. The van der Waals surface area contributed by atoms with Crippen LogP contribution in [0.2, 0.25) is 0 Å². The van der Waals surface area contributed by atoms with E-state index < -0.39 is 6.29 Å². The number of rotatable bonds is 12. The quantitative estimate of drug-likeness (QED) is 0.419. The van der Waals surface area contributed by atoms with Gasteiger partial charge in [0.25, 0.3) is 0 Å². The van der Waals surface area contributed by atoms with Crippen molar-refractivity contribution in [2.45, 2.75) is 90.9 Å². The average Bonchev–Trinajstić information content (AvgIpc) is 2.31. The van der Waals surface area contributed by atoms with Gasteiger partial charge in [-0.2, -0.15) is 0 Å². The number of hydrogen-bond donors (Lipinski definition) is 2. The summed E-state index contributed by atoms with van der Waals surface area (Å²) in [5, 5.41) is 13.1. The third-order valence-electron chi connectivity index (χ3n) is 3.09. The van der Waals surface area contributed by atoms with E-state index in [4.69, 9.17) is 4.74 Å². The molecule has 0 aromatic carbocycles. The highest BCUT2D eigenvalue weighted by Gasteiger charge is 2.07. The standard InChI is InChI=1S/C16H35NO2/c1-5-6-9-12-15(18)19-14-11-8-7-10-13-17-16(2,3)4/h15,17-18H,5-14H2,1-4H3. The molecule has 0 aliphatic heterocycles. The minimum Gasteiger partial charge on any atom is -0.368 e. The molecule has 1 atom stereocenters. The zero-order valence-corrected chi connectivity index (χ0v) is 13.5. The van der Waals surface area contributed by atoms with Crippen LogP contribution in [0, 0.1) is 0 Å². The Balaban J connectivity index is 3.18. The maximum atomic E-state index is 9.57. The maximum Gasteiger partial charge on any atom is 0.154 e. The molecule has 0 radical (unpaired) electrons. The minimum absolute atomic E-state index is 0.228. The van der Waals surface area contributed by atoms with Crippen LogP contribution in [0.4, 0.5) is 0 Å². The molecule has 0 saturated heterocycles. The van der Waals surface area contributed by atoms with Crippen molar-refractivity contribution >= 4 is 0 Å². The van der Waals surface area contributed by atoms with Gasteiger partial charge in [-0.05, 0) is 53.0 Å². The van der Waals surface area contributed by atoms with Gasteiger partial charge in [-0.3, -0.25) is 0 Å². The molecule has 0 aliphatic rings. The van der Waals surface area contributed by atoms with Crippen molar-refractivity contribution in [3.8, 4) is 0 Å². The molecule has 0 fully saturated rings. The van der Waals surface area contributed by atoms with E-state index in [2.05, 4.69) is 33.0 Å². The van der Waals surface area contributed by atoms with E-state index >= 15 is 0 Å². The zero-order chi connectivity index (χ0) is 14.6. The van der Waals surface area contributed by atoms with Crippen LogP contribution in [0.3, 0.4) is 0 Å². The third kappa shape index (κ3) is 15.8. The van der Waals surface area contributed by atoms with Gasteiger partial charge in [0.2, 0.25) is 0 Å². The fourth-order valence-electron chi connectivity index (χ4n) is 1.92. The van der Waals surface area contributed by atoms with Crippen LogP contribution in [-0.4, -0.2) is 30.1 Å². The molecule has 0 saturated carbocycles. The molecule has 3 nitrogen and oxygen atoms in total. The van der Waals surface area contributed by atoms with Gasteiger partial charge in [-0.1, -0.05) is 32.6 Å². The van der Waals surface area contributed by atoms with Crippen molar-refractivity contribution in [1.82, 2.24) is 5.32 Å². The second kappa shape index (κ2) is 11.7. The Hall–Kier alpha value is -0.120. The van der Waals surface area contributed by atoms with Crippen LogP contribution in [0.15, 0.2) is 0 Å². The lowest BCUT2D eigenvalue weighted by molar-refractivity contribution is -0.105. The van der Waals surface area contributed by atoms with Gasteiger partial charge in [-0.15, -0.1) is 0 Å². The normalized spacial score (nSPS) is 13.7. The van der Waals surface area contributed by atoms with E-state index in [-0.39, 0.29) is 5.54 Å². The molecule has 0 heterocycles. The number of aliphatic hydroxyl groups is 1. The van der Waals surface area contributed by atoms with Crippen LogP contribution in [-0.2, 0) is 4.74 Å². The summed E-state index contributed by atoms with van der Waals surface area (Å²) >= 11 is 0. The van der Waals surface area contributed by atoms with Crippen molar-refractivity contribution in [3.05, 3.63) is 0 Å². The lowest BCUT2D eigenvalue weighted by atomic mass is 10.1. The molecule has 19 heavy (non-hydrogen) atoms. The fraction of sp³-hybridized carbons (Fsp3) is 1.00. The highest BCUT2D eigenvalue weighted by atomic mass is 16.6. The molecule has 1 unspecified atom stereocenters. The van der Waals surface area contributed by atoms with Crippen LogP contribution in [0.5, 0.6) is 0 Å². The smallest absolute Gasteiger partial charge is 0.154 e. The van der Waals surface area contributed by atoms with Crippen LogP contribution in [0.25, 0.3) is 0 Å². The highest BCUT2D eigenvalue weighted by Crippen LogP contribution is 2.07. The Labute approximate surface area is 120 Å². The van der Waals surface area contributed by atoms with Gasteiger partial charge in [-0.25, -0.2) is 0 Å². The lowest BCUT2D eigenvalue weighted by Crippen LogP contribution is -2.36. The fourth-order valence-corrected chi connectivity index (χ4v) is 1.92. The largest absolute Gasteiger partial charge is 0.368 e. The Morgan fingerprint density at radius 3 is 2.32 bits per heavy atom. The number of ether oxygens (including phenoxy) is 1. The first-order valence-corrected chi connectivity index (χ1v) is 8.00. The molecule has 0 amide bonds. The van der Waals surface area contributed by atoms with Gasteiger partial charge in [0, 0.05) is 12.1 Å². The van der Waals surface area contributed by atoms with E-state index in [0.717, 1.165) is 25.8 Å². The van der Waals surface area contributed by atoms with E-state index in [1.54, 1.807) is 0 Å². The summed E-state index contributed by atoms with van der Waals surface area (Å²) in [5.41, 5.74) is 0.228. The number of hydrogen-bond acceptors (Lipinski definition) is 3. The van der Waals surface area contributed by atoms with Crippen LogP contribution in [0.1, 0.15) is 79.1 Å². The Morgan fingerprint density at radius 1 is 1.00 bits per heavy atom. The highest BCUT2D eigenvalue weighted by molar-refractivity contribution is 4.69. The first-order chi connectivity index (χ1) is 8.95. The summed E-state index contributed by atoms with van der Waals surface area (Å²) in [4.78, 5) is 0. The van der Waals surface area contributed by atoms with Crippen LogP contribution >= 0.6 is 0 Å². The second-order valence-electron chi connectivity index (χ2n) is 6.41. The summed E-state index contributed by atoms with van der Waals surface area (Å²) < 4.78 is 5.39. The second-order valence-corrected chi connectivity index (χ2v) is 6.41. The van der Waals surface area contributed by atoms with Gasteiger partial charge in [0.05, 0.1) is 0 Å². The maximum absolute atomic E-state index is 9.57. The monoisotopic (exact) mass is 273 g/mol. The number of nitrogens with one attached hydrogen (secondary N) is 1. The molecule has 2 N–H and O–H groups in total. The zero-order valence-electron chi connectivity index (χ0n) is 13.5. The van der Waals surface area contributed by atoms with Gasteiger partial charge >= 0.3 is 0 Å². The molecule has 3 heteroatoms. The van der Waals surface area contributed by atoms with Gasteiger partial charge in [0.1, 0.15) is 0 Å². The minimum atomic E-state index is -0.547. The lowest BCUT2D eigenvalue weighted by Gasteiger charge is -2.20. The SMILES string of the molecule is CCCCCC(O)OCCCCCCNC(C)(C)C. The van der Waals surface area contributed by atoms with Gasteiger partial charge in [0.15, 0.2) is 6.29 Å². The van der Waals surface area contributed by atoms with E-state index in [1.807, 2.05) is 0 Å². The third-order valence-corrected chi connectivity index (χ3v) is 3.09. The predicted molar refractivity (Wildman–Crippen MR) is 82.3 cm³/mol. The summed E-state index contributed by atoms with van der Waals surface area (Å²) in [5.74, 6) is 0. The summed E-state index contributed by atoms with van der Waals surface area (Å²) in [6, 6.07) is 0. The average molecular weight is 273 g/mol. The molecule has 0 rings (SSSR count). The Bertz CT molecular complexity index is 190. The van der Waals surface area contributed by atoms with Crippen molar-refractivity contribution in [1.29, 1.82) is 0 Å².